The average Bonchev–Trinajstić information content (AvgIpc) is 3.20. The molecule has 31 heavy (non-hydrogen) atoms. The second-order valence-corrected chi connectivity index (χ2v) is 8.66. The molecule has 0 unspecified atom stereocenters. The number of hydrogen-bond donors (Lipinski definition) is 3. The van der Waals surface area contributed by atoms with E-state index in [1.54, 1.807) is 18.2 Å². The molecule has 1 aliphatic rings. The van der Waals surface area contributed by atoms with Crippen molar-refractivity contribution in [3.63, 3.8) is 0 Å². The molecular weight excluding hydrogens is 416 g/mol. The van der Waals surface area contributed by atoms with Crippen LogP contribution in [-0.4, -0.2) is 36.8 Å². The van der Waals surface area contributed by atoms with E-state index in [1.165, 1.54) is 6.42 Å². The normalized spacial score (nSPS) is 13.8. The van der Waals surface area contributed by atoms with Gasteiger partial charge in [0.25, 0.3) is 5.91 Å². The van der Waals surface area contributed by atoms with Crippen LogP contribution in [0.15, 0.2) is 53.1 Å². The summed E-state index contributed by atoms with van der Waals surface area (Å²) in [5.41, 5.74) is 2.93. The van der Waals surface area contributed by atoms with Gasteiger partial charge in [-0.3, -0.25) is 4.79 Å². The SMILES string of the molecule is O=C(Nc1ccc(-c2noc(C3CCC3)n2)cc1)c1cccc(CNCC[SH](=O)=O)c1. The number of benzene rings is 2. The van der Waals surface area contributed by atoms with Crippen molar-refractivity contribution in [2.75, 3.05) is 17.6 Å². The predicted molar refractivity (Wildman–Crippen MR) is 118 cm³/mol. The lowest BCUT2D eigenvalue weighted by atomic mass is 9.85. The zero-order chi connectivity index (χ0) is 21.6. The Morgan fingerprint density at radius 2 is 1.94 bits per heavy atom. The Bertz CT molecular complexity index is 1110. The topological polar surface area (TPSA) is 114 Å². The molecule has 1 saturated carbocycles. The van der Waals surface area contributed by atoms with Crippen LogP contribution < -0.4 is 10.6 Å². The van der Waals surface area contributed by atoms with Crippen molar-refractivity contribution >= 4 is 22.3 Å². The first-order chi connectivity index (χ1) is 15.1. The molecule has 0 bridgehead atoms. The van der Waals surface area contributed by atoms with Gasteiger partial charge in [-0.2, -0.15) is 4.98 Å². The Kier molecular flexibility index (Phi) is 6.73. The molecule has 1 amide bonds. The van der Waals surface area contributed by atoms with Crippen LogP contribution in [0.1, 0.15) is 47.0 Å². The maximum Gasteiger partial charge on any atom is 0.255 e. The third kappa shape index (κ3) is 5.56. The van der Waals surface area contributed by atoms with Crippen LogP contribution in [0.4, 0.5) is 5.69 Å². The fraction of sp³-hybridized carbons (Fsp3) is 0.318. The largest absolute Gasteiger partial charge is 0.339 e. The van der Waals surface area contributed by atoms with E-state index >= 15 is 0 Å². The summed E-state index contributed by atoms with van der Waals surface area (Å²) < 4.78 is 26.6. The summed E-state index contributed by atoms with van der Waals surface area (Å²) in [7, 11) is -2.38. The summed E-state index contributed by atoms with van der Waals surface area (Å²) in [5, 5.41) is 10.0. The second-order valence-electron chi connectivity index (χ2n) is 7.55. The van der Waals surface area contributed by atoms with Crippen molar-refractivity contribution in [2.24, 2.45) is 0 Å². The third-order valence-electron chi connectivity index (χ3n) is 5.29. The van der Waals surface area contributed by atoms with Crippen molar-refractivity contribution in [2.45, 2.75) is 31.7 Å². The number of nitrogens with zero attached hydrogens (tertiary/aromatic N) is 2. The van der Waals surface area contributed by atoms with Gasteiger partial charge >= 0.3 is 0 Å². The number of amides is 1. The lowest BCUT2D eigenvalue weighted by Gasteiger charge is -2.20. The molecule has 0 aliphatic heterocycles. The van der Waals surface area contributed by atoms with E-state index < -0.39 is 10.7 Å². The molecule has 4 rings (SSSR count). The fourth-order valence-corrected chi connectivity index (χ4v) is 3.65. The highest BCUT2D eigenvalue weighted by Gasteiger charge is 2.25. The Morgan fingerprint density at radius 1 is 1.13 bits per heavy atom. The Balaban J connectivity index is 1.35. The molecule has 1 aliphatic carbocycles. The van der Waals surface area contributed by atoms with Crippen LogP contribution in [0, 0.1) is 0 Å². The van der Waals surface area contributed by atoms with Crippen LogP contribution in [-0.2, 0) is 17.2 Å². The number of nitrogens with one attached hydrogen (secondary N) is 2. The molecule has 9 heteroatoms. The molecule has 3 aromatic rings. The summed E-state index contributed by atoms with van der Waals surface area (Å²) in [6.07, 6.45) is 3.41. The van der Waals surface area contributed by atoms with E-state index in [9.17, 15) is 13.2 Å². The molecule has 1 fully saturated rings. The first-order valence-electron chi connectivity index (χ1n) is 10.3. The molecule has 162 valence electrons. The van der Waals surface area contributed by atoms with Crippen LogP contribution in [0.25, 0.3) is 11.4 Å². The van der Waals surface area contributed by atoms with Gasteiger partial charge in [0.1, 0.15) is 10.7 Å². The zero-order valence-corrected chi connectivity index (χ0v) is 17.8. The summed E-state index contributed by atoms with van der Waals surface area (Å²) in [4.78, 5) is 17.1. The van der Waals surface area contributed by atoms with Gasteiger partial charge in [0.05, 0.1) is 5.75 Å². The second kappa shape index (κ2) is 9.84. The molecule has 0 atom stereocenters. The monoisotopic (exact) mass is 440 g/mol. The Hall–Kier alpha value is -3.04. The van der Waals surface area contributed by atoms with Crippen molar-refractivity contribution in [1.82, 2.24) is 15.5 Å². The number of anilines is 1. The highest BCUT2D eigenvalue weighted by Crippen LogP contribution is 2.36. The average molecular weight is 441 g/mol. The molecular formula is C22H24N4O4S. The molecule has 8 nitrogen and oxygen atoms in total. The smallest absolute Gasteiger partial charge is 0.255 e. The predicted octanol–water partition coefficient (Wildman–Crippen LogP) is 2.96. The summed E-state index contributed by atoms with van der Waals surface area (Å²) in [6.45, 7) is 0.872. The molecule has 0 radical (unpaired) electrons. The van der Waals surface area contributed by atoms with Crippen molar-refractivity contribution in [3.8, 4) is 11.4 Å². The van der Waals surface area contributed by atoms with Crippen LogP contribution >= 0.6 is 0 Å². The van der Waals surface area contributed by atoms with E-state index in [2.05, 4.69) is 20.8 Å². The highest BCUT2D eigenvalue weighted by atomic mass is 32.2. The number of hydrogen-bond acceptors (Lipinski definition) is 7. The summed E-state index contributed by atoms with van der Waals surface area (Å²) >= 11 is 0. The maximum absolute atomic E-state index is 12.6. The van der Waals surface area contributed by atoms with E-state index in [0.717, 1.165) is 24.0 Å². The lowest BCUT2D eigenvalue weighted by Crippen LogP contribution is -2.19. The molecule has 2 N–H and O–H groups in total. The molecule has 0 spiro atoms. The summed E-state index contributed by atoms with van der Waals surface area (Å²) in [6, 6.07) is 14.5. The van der Waals surface area contributed by atoms with E-state index in [0.29, 0.717) is 42.0 Å². The van der Waals surface area contributed by atoms with Crippen molar-refractivity contribution in [1.29, 1.82) is 0 Å². The number of carbonyl (C=O) groups is 1. The zero-order valence-electron chi connectivity index (χ0n) is 16.9. The molecule has 0 saturated heterocycles. The minimum Gasteiger partial charge on any atom is -0.339 e. The van der Waals surface area contributed by atoms with Gasteiger partial charge in [0.2, 0.25) is 11.7 Å². The number of rotatable bonds is 9. The maximum atomic E-state index is 12.6. The minimum absolute atomic E-state index is 0.0945. The van der Waals surface area contributed by atoms with Gasteiger partial charge in [0, 0.05) is 35.8 Å². The Morgan fingerprint density at radius 3 is 2.65 bits per heavy atom. The fourth-order valence-electron chi connectivity index (χ4n) is 3.30. The van der Waals surface area contributed by atoms with Crippen LogP contribution in [0.3, 0.4) is 0 Å². The van der Waals surface area contributed by atoms with Gasteiger partial charge in [0.15, 0.2) is 0 Å². The molecule has 1 heterocycles. The molecule has 2 aromatic carbocycles. The first kappa shape index (κ1) is 21.2. The van der Waals surface area contributed by atoms with Gasteiger partial charge < -0.3 is 15.2 Å². The number of aromatic nitrogens is 2. The highest BCUT2D eigenvalue weighted by molar-refractivity contribution is 7.72. The van der Waals surface area contributed by atoms with Gasteiger partial charge in [-0.05, 0) is 54.8 Å². The first-order valence-corrected chi connectivity index (χ1v) is 11.6. The van der Waals surface area contributed by atoms with E-state index in [-0.39, 0.29) is 11.7 Å². The van der Waals surface area contributed by atoms with Crippen LogP contribution in [0.5, 0.6) is 0 Å². The number of thiol groups is 1. The van der Waals surface area contributed by atoms with E-state index in [1.807, 2.05) is 30.3 Å². The van der Waals surface area contributed by atoms with Gasteiger partial charge in [-0.15, -0.1) is 0 Å². The van der Waals surface area contributed by atoms with Crippen molar-refractivity contribution < 1.29 is 17.7 Å². The number of carbonyl (C=O) groups excluding carboxylic acids is 1. The molecule has 1 aromatic heterocycles. The quantitative estimate of drug-likeness (QED) is 0.346. The van der Waals surface area contributed by atoms with Gasteiger partial charge in [-0.1, -0.05) is 23.7 Å². The Labute approximate surface area is 182 Å². The standard InChI is InChI=1S/C22H24N4O4S/c27-21(18-6-1-3-15(13-18)14-23-11-12-31(28)29)24-19-9-7-16(8-10-19)20-25-22(30-26-20)17-4-2-5-17/h1,3,6-10,13,17,23,31H,2,4-5,11-12,14H2,(H,24,27). The van der Waals surface area contributed by atoms with Crippen molar-refractivity contribution in [3.05, 3.63) is 65.5 Å². The third-order valence-corrected chi connectivity index (χ3v) is 5.88. The van der Waals surface area contributed by atoms with Gasteiger partial charge in [-0.25, -0.2) is 8.42 Å². The lowest BCUT2D eigenvalue weighted by molar-refractivity contribution is 0.102. The summed E-state index contributed by atoms with van der Waals surface area (Å²) in [5.74, 6) is 1.53. The van der Waals surface area contributed by atoms with E-state index in [4.69, 9.17) is 4.52 Å². The van der Waals surface area contributed by atoms with Crippen LogP contribution in [0.2, 0.25) is 0 Å². The minimum atomic E-state index is -2.38.